The van der Waals surface area contributed by atoms with Crippen LogP contribution in [0.4, 0.5) is 0 Å². The molecule has 3 N–H and O–H groups in total. The van der Waals surface area contributed by atoms with Crippen LogP contribution in [-0.2, 0) is 9.59 Å². The molecule has 0 aliphatic heterocycles. The third-order valence-electron chi connectivity index (χ3n) is 1.25. The van der Waals surface area contributed by atoms with E-state index in [0.29, 0.717) is 0 Å². The molecule has 70 valence electrons. The Labute approximate surface area is 86.4 Å². The van der Waals surface area contributed by atoms with Gasteiger partial charge in [0.2, 0.25) is 0 Å². The van der Waals surface area contributed by atoms with E-state index in [1.54, 1.807) is 0 Å². The molecule has 0 bridgehead atoms. The van der Waals surface area contributed by atoms with Crippen LogP contribution in [0.3, 0.4) is 0 Å². The van der Waals surface area contributed by atoms with E-state index in [9.17, 15) is 14.7 Å². The number of aliphatic hydroxyl groups excluding tert-OH is 3. The predicted octanol–water partition coefficient (Wildman–Crippen LogP) is -6.59. The van der Waals surface area contributed by atoms with Crippen molar-refractivity contribution >= 4 is 11.8 Å². The maximum Gasteiger partial charge on any atom is 1.00 e. The summed E-state index contributed by atoms with van der Waals surface area (Å²) in [7, 11) is 0. The first-order chi connectivity index (χ1) is 5.49. The molecular weight excluding hydrogens is 175 g/mol. The zero-order valence-electron chi connectivity index (χ0n) is 7.14. The Balaban J connectivity index is 0. The minimum absolute atomic E-state index is 0. The van der Waals surface area contributed by atoms with E-state index < -0.39 is 37.0 Å². The average Bonchev–Trinajstić information content (AvgIpc) is 2.02. The van der Waals surface area contributed by atoms with Gasteiger partial charge in [-0.15, -0.1) is 0 Å². The molecule has 0 saturated heterocycles. The number of carboxylic acid groups (broad SMARTS) is 1. The van der Waals surface area contributed by atoms with Crippen molar-refractivity contribution in [3.63, 3.8) is 0 Å². The van der Waals surface area contributed by atoms with E-state index in [-0.39, 0.29) is 18.9 Å². The molecule has 0 aromatic rings. The summed E-state index contributed by atoms with van der Waals surface area (Å²) in [4.78, 5) is 20.2. The van der Waals surface area contributed by atoms with Gasteiger partial charge in [0.1, 0.15) is 12.1 Å². The van der Waals surface area contributed by atoms with E-state index in [1.165, 1.54) is 0 Å². The SMILES string of the molecule is O=C([O-])C(=O)C[C@H](O)[C@H](O)CO.[Li+]. The summed E-state index contributed by atoms with van der Waals surface area (Å²) in [5.74, 6) is -3.23. The van der Waals surface area contributed by atoms with Gasteiger partial charge < -0.3 is 25.2 Å². The summed E-state index contributed by atoms with van der Waals surface area (Å²) in [6, 6.07) is 0. The molecule has 0 rings (SSSR count). The summed E-state index contributed by atoms with van der Waals surface area (Å²) in [5, 5.41) is 35.6. The van der Waals surface area contributed by atoms with Crippen LogP contribution < -0.4 is 24.0 Å². The smallest absolute Gasteiger partial charge is 0.542 e. The number of aliphatic hydroxyl groups is 3. The van der Waals surface area contributed by atoms with Gasteiger partial charge in [-0.2, -0.15) is 0 Å². The summed E-state index contributed by atoms with van der Waals surface area (Å²) in [6.07, 6.45) is -3.84. The molecule has 0 fully saturated rings. The van der Waals surface area contributed by atoms with Gasteiger partial charge in [0.25, 0.3) is 0 Å². The molecule has 2 atom stereocenters. The number of carbonyl (C=O) groups is 2. The van der Waals surface area contributed by atoms with Gasteiger partial charge in [-0.05, 0) is 0 Å². The van der Waals surface area contributed by atoms with Crippen LogP contribution in [0.5, 0.6) is 0 Å². The van der Waals surface area contributed by atoms with Crippen molar-refractivity contribution in [2.45, 2.75) is 18.6 Å². The van der Waals surface area contributed by atoms with Gasteiger partial charge in [-0.25, -0.2) is 0 Å². The van der Waals surface area contributed by atoms with Crippen LogP contribution in [0.1, 0.15) is 6.42 Å². The Hall–Kier alpha value is -0.383. The van der Waals surface area contributed by atoms with Crippen molar-refractivity contribution < 1.29 is 48.9 Å². The molecule has 0 aromatic carbocycles. The van der Waals surface area contributed by atoms with E-state index in [1.807, 2.05) is 0 Å². The van der Waals surface area contributed by atoms with Crippen molar-refractivity contribution in [1.29, 1.82) is 0 Å². The zero-order valence-corrected chi connectivity index (χ0v) is 7.14. The number of aliphatic carboxylic acids is 1. The van der Waals surface area contributed by atoms with Crippen molar-refractivity contribution in [2.24, 2.45) is 0 Å². The Morgan fingerprint density at radius 2 is 1.69 bits per heavy atom. The fourth-order valence-corrected chi connectivity index (χ4v) is 0.531. The number of hydrogen-bond acceptors (Lipinski definition) is 6. The quantitative estimate of drug-likeness (QED) is 0.289. The molecule has 0 spiro atoms. The first kappa shape index (κ1) is 15.1. The third kappa shape index (κ3) is 5.79. The Morgan fingerprint density at radius 3 is 2.00 bits per heavy atom. The maximum absolute atomic E-state index is 10.4. The Bertz CT molecular complexity index is 182. The summed E-state index contributed by atoms with van der Waals surface area (Å²) >= 11 is 0. The van der Waals surface area contributed by atoms with E-state index in [4.69, 9.17) is 15.3 Å². The zero-order chi connectivity index (χ0) is 9.72. The fourth-order valence-electron chi connectivity index (χ4n) is 0.531. The number of rotatable bonds is 5. The van der Waals surface area contributed by atoms with Gasteiger partial charge in [0, 0.05) is 6.42 Å². The van der Waals surface area contributed by atoms with Crippen molar-refractivity contribution in [2.75, 3.05) is 6.61 Å². The second-order valence-corrected chi connectivity index (χ2v) is 2.23. The molecule has 0 amide bonds. The van der Waals surface area contributed by atoms with Gasteiger partial charge in [0.15, 0.2) is 5.78 Å². The van der Waals surface area contributed by atoms with Crippen molar-refractivity contribution in [3.8, 4) is 0 Å². The van der Waals surface area contributed by atoms with E-state index in [2.05, 4.69) is 0 Å². The second kappa shape index (κ2) is 7.06. The van der Waals surface area contributed by atoms with Gasteiger partial charge in [-0.1, -0.05) is 0 Å². The molecule has 0 radical (unpaired) electrons. The molecule has 0 heterocycles. The molecule has 0 aliphatic carbocycles. The Morgan fingerprint density at radius 1 is 1.23 bits per heavy atom. The van der Waals surface area contributed by atoms with Crippen molar-refractivity contribution in [3.05, 3.63) is 0 Å². The van der Waals surface area contributed by atoms with E-state index in [0.717, 1.165) is 0 Å². The molecule has 7 heteroatoms. The molecular formula is C6H9LiO6. The summed E-state index contributed by atoms with van der Waals surface area (Å²) in [6.45, 7) is -0.735. The fraction of sp³-hybridized carbons (Fsp3) is 0.667. The number of Topliss-reactive ketones (excluding diaryl/α,β-unsaturated/α-hetero) is 1. The minimum atomic E-state index is -1.92. The molecule has 6 nitrogen and oxygen atoms in total. The second-order valence-electron chi connectivity index (χ2n) is 2.23. The van der Waals surface area contributed by atoms with Gasteiger partial charge in [-0.3, -0.25) is 4.79 Å². The van der Waals surface area contributed by atoms with Crippen LogP contribution in [0.25, 0.3) is 0 Å². The number of carboxylic acids is 1. The third-order valence-corrected chi connectivity index (χ3v) is 1.25. The monoisotopic (exact) mass is 184 g/mol. The minimum Gasteiger partial charge on any atom is -0.542 e. The first-order valence-corrected chi connectivity index (χ1v) is 3.20. The largest absolute Gasteiger partial charge is 1.00 e. The number of hydrogen-bond donors (Lipinski definition) is 3. The van der Waals surface area contributed by atoms with Crippen LogP contribution in [0.2, 0.25) is 0 Å². The van der Waals surface area contributed by atoms with Gasteiger partial charge >= 0.3 is 18.9 Å². The molecule has 0 unspecified atom stereocenters. The first-order valence-electron chi connectivity index (χ1n) is 3.20. The normalized spacial score (nSPS) is 14.1. The van der Waals surface area contributed by atoms with Gasteiger partial charge in [0.05, 0.1) is 12.7 Å². The predicted molar refractivity (Wildman–Crippen MR) is 33.7 cm³/mol. The molecule has 0 saturated carbocycles. The average molecular weight is 184 g/mol. The topological polar surface area (TPSA) is 118 Å². The Kier molecular flexibility index (Phi) is 8.21. The van der Waals surface area contributed by atoms with Crippen molar-refractivity contribution in [1.82, 2.24) is 0 Å². The maximum atomic E-state index is 10.4. The van der Waals surface area contributed by atoms with E-state index >= 15 is 0 Å². The van der Waals surface area contributed by atoms with Crippen LogP contribution in [0.15, 0.2) is 0 Å². The standard InChI is InChI=1S/C6H10O6.Li/c7-2-5(10)3(8)1-4(9)6(11)12;/h3,5,7-8,10H,1-2H2,(H,11,12);/q;+1/p-1/t3-,5+;/m0./s1. The van der Waals surface area contributed by atoms with Crippen LogP contribution in [0, 0.1) is 0 Å². The molecule has 0 aliphatic rings. The van der Waals surface area contributed by atoms with Crippen LogP contribution in [-0.4, -0.2) is 45.9 Å². The molecule has 13 heavy (non-hydrogen) atoms. The molecule has 0 aromatic heterocycles. The van der Waals surface area contributed by atoms with Crippen LogP contribution >= 0.6 is 0 Å². The summed E-state index contributed by atoms with van der Waals surface area (Å²) in [5.41, 5.74) is 0. The summed E-state index contributed by atoms with van der Waals surface area (Å²) < 4.78 is 0. The number of carbonyl (C=O) groups excluding carboxylic acids is 2. The number of ketones is 1.